The van der Waals surface area contributed by atoms with Gasteiger partial charge in [0.2, 0.25) is 0 Å². The van der Waals surface area contributed by atoms with Gasteiger partial charge in [-0.05, 0) is 17.4 Å². The van der Waals surface area contributed by atoms with Crippen molar-refractivity contribution in [1.29, 1.82) is 0 Å². The number of phenols is 1. The van der Waals surface area contributed by atoms with Gasteiger partial charge in [0.1, 0.15) is 11.9 Å². The number of aliphatic hydroxyl groups excluding tert-OH is 1. The van der Waals surface area contributed by atoms with Crippen molar-refractivity contribution in [3.63, 3.8) is 0 Å². The molecule has 2 heteroatoms. The molecular weight excluding hydrogens is 200 g/mol. The highest BCUT2D eigenvalue weighted by Gasteiger charge is 2.19. The van der Waals surface area contributed by atoms with Crippen LogP contribution in [-0.2, 0) is 6.42 Å². The Morgan fingerprint density at radius 1 is 1.19 bits per heavy atom. The van der Waals surface area contributed by atoms with E-state index in [9.17, 15) is 10.2 Å². The highest BCUT2D eigenvalue weighted by molar-refractivity contribution is 5.90. The van der Waals surface area contributed by atoms with Crippen LogP contribution in [0.2, 0.25) is 0 Å². The summed E-state index contributed by atoms with van der Waals surface area (Å²) in [5.74, 6) is 0.213. The summed E-state index contributed by atoms with van der Waals surface area (Å²) < 4.78 is 0. The summed E-state index contributed by atoms with van der Waals surface area (Å²) in [4.78, 5) is 0. The summed E-state index contributed by atoms with van der Waals surface area (Å²) >= 11 is 0. The number of rotatable bonds is 0. The van der Waals surface area contributed by atoms with Crippen molar-refractivity contribution in [1.82, 2.24) is 0 Å². The third-order valence-corrected chi connectivity index (χ3v) is 3.10. The highest BCUT2D eigenvalue weighted by Crippen LogP contribution is 2.38. The molecule has 0 heterocycles. The van der Waals surface area contributed by atoms with Gasteiger partial charge >= 0.3 is 0 Å². The van der Waals surface area contributed by atoms with Gasteiger partial charge < -0.3 is 10.2 Å². The Labute approximate surface area is 93.5 Å². The smallest absolute Gasteiger partial charge is 0.129 e. The van der Waals surface area contributed by atoms with Gasteiger partial charge in [-0.2, -0.15) is 0 Å². The lowest BCUT2D eigenvalue weighted by Gasteiger charge is -2.19. The number of fused-ring (bicyclic) bond motifs is 2. The number of benzene rings is 2. The van der Waals surface area contributed by atoms with Crippen LogP contribution >= 0.6 is 0 Å². The monoisotopic (exact) mass is 212 g/mol. The van der Waals surface area contributed by atoms with Gasteiger partial charge in [-0.3, -0.25) is 0 Å². The Kier molecular flexibility index (Phi) is 1.98. The fourth-order valence-electron chi connectivity index (χ4n) is 2.32. The average Bonchev–Trinajstić information content (AvgIpc) is 2.29. The normalized spacial score (nSPS) is 18.7. The van der Waals surface area contributed by atoms with Crippen molar-refractivity contribution in [2.24, 2.45) is 0 Å². The maximum Gasteiger partial charge on any atom is 0.129 e. The van der Waals surface area contributed by atoms with Gasteiger partial charge in [-0.15, -0.1) is 0 Å². The van der Waals surface area contributed by atoms with E-state index in [4.69, 9.17) is 0 Å². The maximum absolute atomic E-state index is 10.2. The van der Waals surface area contributed by atoms with E-state index in [2.05, 4.69) is 0 Å². The molecule has 2 aromatic carbocycles. The van der Waals surface area contributed by atoms with Crippen LogP contribution in [0.3, 0.4) is 0 Å². The molecule has 16 heavy (non-hydrogen) atoms. The molecule has 0 bridgehead atoms. The molecule has 0 saturated carbocycles. The molecule has 1 aliphatic carbocycles. The topological polar surface area (TPSA) is 40.5 Å². The van der Waals surface area contributed by atoms with Gasteiger partial charge in [-0.25, -0.2) is 0 Å². The molecule has 80 valence electrons. The molecule has 0 aliphatic heterocycles. The van der Waals surface area contributed by atoms with Crippen molar-refractivity contribution in [2.75, 3.05) is 0 Å². The van der Waals surface area contributed by atoms with Gasteiger partial charge in [0.15, 0.2) is 0 Å². The third-order valence-electron chi connectivity index (χ3n) is 3.10. The number of aliphatic hydroxyl groups is 1. The number of allylic oxidation sites excluding steroid dienone is 1. The van der Waals surface area contributed by atoms with Crippen LogP contribution < -0.4 is 0 Å². The zero-order valence-corrected chi connectivity index (χ0v) is 8.72. The molecule has 1 unspecified atom stereocenters. The standard InChI is InChI=1S/C14H12O2/c15-12-7-3-5-10-8-9-4-1-2-6-11(9)14(16)13(10)12/h1-4,6-8,12,15-16H,5H2. The molecule has 2 N–H and O–H groups in total. The minimum absolute atomic E-state index is 0.213. The Bertz CT molecular complexity index is 585. The van der Waals surface area contributed by atoms with Gasteiger partial charge in [0, 0.05) is 10.9 Å². The molecule has 0 saturated heterocycles. The highest BCUT2D eigenvalue weighted by atomic mass is 16.3. The first-order chi connectivity index (χ1) is 7.77. The second-order valence-electron chi connectivity index (χ2n) is 4.10. The van der Waals surface area contributed by atoms with E-state index in [1.165, 1.54) is 0 Å². The van der Waals surface area contributed by atoms with Gasteiger partial charge in [-0.1, -0.05) is 42.5 Å². The van der Waals surface area contributed by atoms with Crippen LogP contribution in [0, 0.1) is 0 Å². The third kappa shape index (κ3) is 1.24. The lowest BCUT2D eigenvalue weighted by Crippen LogP contribution is -2.04. The Morgan fingerprint density at radius 2 is 2.00 bits per heavy atom. The lowest BCUT2D eigenvalue weighted by molar-refractivity contribution is 0.221. The van der Waals surface area contributed by atoms with E-state index in [1.807, 2.05) is 36.4 Å². The molecule has 1 aliphatic rings. The largest absolute Gasteiger partial charge is 0.507 e. The summed E-state index contributed by atoms with van der Waals surface area (Å²) in [6.07, 6.45) is 3.73. The van der Waals surface area contributed by atoms with Crippen molar-refractivity contribution in [3.05, 3.63) is 53.6 Å². The molecule has 2 aromatic rings. The van der Waals surface area contributed by atoms with Gasteiger partial charge in [0.05, 0.1) is 0 Å². The molecule has 0 aromatic heterocycles. The summed E-state index contributed by atoms with van der Waals surface area (Å²) in [5.41, 5.74) is 1.66. The average molecular weight is 212 g/mol. The molecule has 0 fully saturated rings. The Balaban J connectivity index is 2.39. The van der Waals surface area contributed by atoms with Crippen LogP contribution in [0.5, 0.6) is 5.75 Å². The summed E-state index contributed by atoms with van der Waals surface area (Å²) in [7, 11) is 0. The SMILES string of the molecule is Oc1c2c(cc3ccccc13)CC=CC2O. The zero-order valence-electron chi connectivity index (χ0n) is 8.72. The van der Waals surface area contributed by atoms with Crippen LogP contribution in [0.4, 0.5) is 0 Å². The number of hydrogen-bond donors (Lipinski definition) is 2. The predicted octanol–water partition coefficient (Wildman–Crippen LogP) is 2.69. The van der Waals surface area contributed by atoms with E-state index in [-0.39, 0.29) is 5.75 Å². The van der Waals surface area contributed by atoms with Crippen LogP contribution in [0.25, 0.3) is 10.8 Å². The number of hydrogen-bond acceptors (Lipinski definition) is 2. The molecule has 1 atom stereocenters. The summed E-state index contributed by atoms with van der Waals surface area (Å²) in [6, 6.07) is 9.72. The number of aromatic hydroxyl groups is 1. The van der Waals surface area contributed by atoms with E-state index >= 15 is 0 Å². The minimum Gasteiger partial charge on any atom is -0.507 e. The molecule has 0 amide bonds. The zero-order chi connectivity index (χ0) is 11.1. The quantitative estimate of drug-likeness (QED) is 0.659. The summed E-state index contributed by atoms with van der Waals surface area (Å²) in [5, 5.41) is 21.8. The fraction of sp³-hybridized carbons (Fsp3) is 0.143. The van der Waals surface area contributed by atoms with Crippen LogP contribution in [0.15, 0.2) is 42.5 Å². The van der Waals surface area contributed by atoms with Crippen LogP contribution in [0.1, 0.15) is 17.2 Å². The predicted molar refractivity (Wildman–Crippen MR) is 63.4 cm³/mol. The molecular formula is C14H12O2. The molecule has 0 radical (unpaired) electrons. The minimum atomic E-state index is -0.687. The molecule has 3 rings (SSSR count). The van der Waals surface area contributed by atoms with E-state index in [1.54, 1.807) is 6.08 Å². The van der Waals surface area contributed by atoms with E-state index < -0.39 is 6.10 Å². The van der Waals surface area contributed by atoms with Gasteiger partial charge in [0.25, 0.3) is 0 Å². The lowest BCUT2D eigenvalue weighted by atomic mass is 9.90. The molecule has 2 nitrogen and oxygen atoms in total. The molecule has 0 spiro atoms. The van der Waals surface area contributed by atoms with Crippen molar-refractivity contribution >= 4 is 10.8 Å². The first-order valence-corrected chi connectivity index (χ1v) is 5.35. The van der Waals surface area contributed by atoms with E-state index in [0.29, 0.717) is 5.56 Å². The fourth-order valence-corrected chi connectivity index (χ4v) is 2.32. The first-order valence-electron chi connectivity index (χ1n) is 5.35. The second-order valence-corrected chi connectivity index (χ2v) is 4.10. The van der Waals surface area contributed by atoms with E-state index in [0.717, 1.165) is 22.8 Å². The van der Waals surface area contributed by atoms with Crippen molar-refractivity contribution < 1.29 is 10.2 Å². The van der Waals surface area contributed by atoms with Crippen LogP contribution in [-0.4, -0.2) is 10.2 Å². The van der Waals surface area contributed by atoms with Crippen molar-refractivity contribution in [3.8, 4) is 5.75 Å². The maximum atomic E-state index is 10.2. The Hall–Kier alpha value is -1.80. The second kappa shape index (κ2) is 3.35. The number of phenolic OH excluding ortho intramolecular Hbond substituents is 1. The Morgan fingerprint density at radius 3 is 2.88 bits per heavy atom. The first kappa shape index (κ1) is 9.43. The van der Waals surface area contributed by atoms with Crippen molar-refractivity contribution in [2.45, 2.75) is 12.5 Å². The summed E-state index contributed by atoms with van der Waals surface area (Å²) in [6.45, 7) is 0.